The molecule has 0 unspecified atom stereocenters. The maximum absolute atomic E-state index is 5.72. The molecule has 0 fully saturated rings. The molecule has 0 spiro atoms. The molecule has 1 aromatic carbocycles. The van der Waals surface area contributed by atoms with Gasteiger partial charge < -0.3 is 5.73 Å². The van der Waals surface area contributed by atoms with Crippen molar-refractivity contribution < 1.29 is 0 Å². The molecule has 0 aliphatic rings. The first kappa shape index (κ1) is 10.1. The minimum absolute atomic E-state index is 0.460. The van der Waals surface area contributed by atoms with Gasteiger partial charge in [0, 0.05) is 18.1 Å². The lowest BCUT2D eigenvalue weighted by molar-refractivity contribution is 0.829. The van der Waals surface area contributed by atoms with Crippen LogP contribution in [-0.4, -0.2) is 4.98 Å². The van der Waals surface area contributed by atoms with Crippen molar-refractivity contribution in [2.45, 2.75) is 26.3 Å². The molecule has 0 aliphatic carbocycles. The van der Waals surface area contributed by atoms with Gasteiger partial charge in [0.2, 0.25) is 0 Å². The van der Waals surface area contributed by atoms with Crippen LogP contribution >= 0.6 is 0 Å². The van der Waals surface area contributed by atoms with Gasteiger partial charge in [-0.1, -0.05) is 38.1 Å². The Morgan fingerprint density at radius 3 is 2.67 bits per heavy atom. The van der Waals surface area contributed by atoms with Gasteiger partial charge in [-0.15, -0.1) is 0 Å². The van der Waals surface area contributed by atoms with Crippen LogP contribution in [0, 0.1) is 0 Å². The Bertz CT molecular complexity index is 475. The van der Waals surface area contributed by atoms with Crippen molar-refractivity contribution in [3.63, 3.8) is 0 Å². The Hall–Kier alpha value is -1.41. The van der Waals surface area contributed by atoms with Crippen LogP contribution in [0.3, 0.4) is 0 Å². The fourth-order valence-corrected chi connectivity index (χ4v) is 2.03. The summed E-state index contributed by atoms with van der Waals surface area (Å²) in [6.45, 7) is 4.88. The third kappa shape index (κ3) is 1.73. The largest absolute Gasteiger partial charge is 0.325 e. The van der Waals surface area contributed by atoms with Crippen molar-refractivity contribution in [3.05, 3.63) is 41.7 Å². The van der Waals surface area contributed by atoms with Gasteiger partial charge >= 0.3 is 0 Å². The van der Waals surface area contributed by atoms with Crippen molar-refractivity contribution in [1.29, 1.82) is 0 Å². The number of nitrogens with two attached hydrogens (primary N) is 1. The molecule has 2 rings (SSSR count). The maximum Gasteiger partial charge on any atom is 0.0580 e. The molecular formula is C13H16N2. The highest BCUT2D eigenvalue weighted by Gasteiger charge is 2.10. The third-order valence-electron chi connectivity index (χ3n) is 2.69. The topological polar surface area (TPSA) is 38.9 Å². The summed E-state index contributed by atoms with van der Waals surface area (Å²) in [6, 6.07) is 8.34. The summed E-state index contributed by atoms with van der Waals surface area (Å²) in [5.74, 6) is 0.460. The Morgan fingerprint density at radius 2 is 2.00 bits per heavy atom. The quantitative estimate of drug-likeness (QED) is 0.809. The van der Waals surface area contributed by atoms with Crippen molar-refractivity contribution in [3.8, 4) is 0 Å². The Labute approximate surface area is 90.1 Å². The fourth-order valence-electron chi connectivity index (χ4n) is 2.03. The number of aromatic nitrogens is 1. The Balaban J connectivity index is 2.79. The molecular weight excluding hydrogens is 184 g/mol. The summed E-state index contributed by atoms with van der Waals surface area (Å²) in [4.78, 5) is 4.42. The minimum atomic E-state index is 0.460. The van der Waals surface area contributed by atoms with Crippen molar-refractivity contribution in [1.82, 2.24) is 4.98 Å². The molecule has 2 N–H and O–H groups in total. The summed E-state index contributed by atoms with van der Waals surface area (Å²) < 4.78 is 0. The van der Waals surface area contributed by atoms with Gasteiger partial charge in [0.25, 0.3) is 0 Å². The first-order chi connectivity index (χ1) is 7.24. The summed E-state index contributed by atoms with van der Waals surface area (Å²) >= 11 is 0. The molecule has 2 nitrogen and oxygen atoms in total. The average molecular weight is 200 g/mol. The van der Waals surface area contributed by atoms with Gasteiger partial charge in [0.15, 0.2) is 0 Å². The molecule has 0 aliphatic heterocycles. The number of hydrogen-bond donors (Lipinski definition) is 1. The van der Waals surface area contributed by atoms with Crippen LogP contribution in [0.2, 0.25) is 0 Å². The lowest BCUT2D eigenvalue weighted by atomic mass is 9.95. The smallest absolute Gasteiger partial charge is 0.0580 e. The average Bonchev–Trinajstić information content (AvgIpc) is 2.27. The summed E-state index contributed by atoms with van der Waals surface area (Å²) in [5.41, 5.74) is 8.02. The molecule has 0 amide bonds. The lowest BCUT2D eigenvalue weighted by Crippen LogP contribution is -2.06. The van der Waals surface area contributed by atoms with E-state index in [4.69, 9.17) is 5.73 Å². The van der Waals surface area contributed by atoms with Gasteiger partial charge in [-0.3, -0.25) is 4.98 Å². The fraction of sp³-hybridized carbons (Fsp3) is 0.308. The van der Waals surface area contributed by atoms with E-state index in [9.17, 15) is 0 Å². The van der Waals surface area contributed by atoms with Crippen LogP contribution in [0.1, 0.15) is 31.0 Å². The zero-order valence-corrected chi connectivity index (χ0v) is 9.20. The number of rotatable bonds is 2. The van der Waals surface area contributed by atoms with Crippen LogP contribution in [0.5, 0.6) is 0 Å². The van der Waals surface area contributed by atoms with E-state index in [-0.39, 0.29) is 0 Å². The SMILES string of the molecule is CC(C)c1c(CN)ncc2ccccc12. The van der Waals surface area contributed by atoms with E-state index in [1.54, 1.807) is 0 Å². The molecule has 1 aromatic heterocycles. The zero-order chi connectivity index (χ0) is 10.8. The normalized spacial score (nSPS) is 11.2. The van der Waals surface area contributed by atoms with E-state index in [0.717, 1.165) is 5.69 Å². The molecule has 1 heterocycles. The molecule has 0 atom stereocenters. The number of benzene rings is 1. The van der Waals surface area contributed by atoms with Crippen molar-refractivity contribution >= 4 is 10.8 Å². The number of nitrogens with zero attached hydrogens (tertiary/aromatic N) is 1. The van der Waals surface area contributed by atoms with E-state index in [1.165, 1.54) is 16.3 Å². The molecule has 2 heteroatoms. The van der Waals surface area contributed by atoms with Gasteiger partial charge in [0.05, 0.1) is 5.69 Å². The van der Waals surface area contributed by atoms with E-state index in [0.29, 0.717) is 12.5 Å². The highest BCUT2D eigenvalue weighted by molar-refractivity contribution is 5.86. The molecule has 2 aromatic rings. The third-order valence-corrected chi connectivity index (χ3v) is 2.69. The predicted molar refractivity (Wildman–Crippen MR) is 63.7 cm³/mol. The minimum Gasteiger partial charge on any atom is -0.325 e. The summed E-state index contributed by atoms with van der Waals surface area (Å²) in [5, 5.41) is 2.47. The first-order valence-electron chi connectivity index (χ1n) is 5.30. The highest BCUT2D eigenvalue weighted by atomic mass is 14.7. The molecule has 0 saturated carbocycles. The second kappa shape index (κ2) is 3.99. The Morgan fingerprint density at radius 1 is 1.27 bits per heavy atom. The second-order valence-electron chi connectivity index (χ2n) is 4.06. The van der Waals surface area contributed by atoms with E-state index in [1.807, 2.05) is 12.3 Å². The first-order valence-corrected chi connectivity index (χ1v) is 5.30. The summed E-state index contributed by atoms with van der Waals surface area (Å²) in [7, 11) is 0. The molecule has 78 valence electrons. The summed E-state index contributed by atoms with van der Waals surface area (Å²) in [6.07, 6.45) is 1.91. The van der Waals surface area contributed by atoms with Gasteiger partial charge in [-0.2, -0.15) is 0 Å². The predicted octanol–water partition coefficient (Wildman–Crippen LogP) is 2.82. The lowest BCUT2D eigenvalue weighted by Gasteiger charge is -2.13. The van der Waals surface area contributed by atoms with E-state index in [2.05, 4.69) is 37.0 Å². The highest BCUT2D eigenvalue weighted by Crippen LogP contribution is 2.27. The van der Waals surface area contributed by atoms with Gasteiger partial charge in [0.1, 0.15) is 0 Å². The van der Waals surface area contributed by atoms with Crippen LogP contribution in [0.15, 0.2) is 30.5 Å². The molecule has 0 radical (unpaired) electrons. The van der Waals surface area contributed by atoms with E-state index >= 15 is 0 Å². The standard InChI is InChI=1S/C13H16N2/c1-9(2)13-11-6-4-3-5-10(11)8-15-12(13)7-14/h3-6,8-9H,7,14H2,1-2H3. The van der Waals surface area contributed by atoms with Crippen molar-refractivity contribution in [2.24, 2.45) is 5.73 Å². The van der Waals surface area contributed by atoms with Gasteiger partial charge in [-0.05, 0) is 16.9 Å². The van der Waals surface area contributed by atoms with Gasteiger partial charge in [-0.25, -0.2) is 0 Å². The maximum atomic E-state index is 5.72. The van der Waals surface area contributed by atoms with Crippen molar-refractivity contribution in [2.75, 3.05) is 0 Å². The van der Waals surface area contributed by atoms with Crippen LogP contribution in [0.4, 0.5) is 0 Å². The molecule has 0 saturated heterocycles. The van der Waals surface area contributed by atoms with Crippen LogP contribution in [-0.2, 0) is 6.54 Å². The Kier molecular flexibility index (Phi) is 2.69. The molecule has 15 heavy (non-hydrogen) atoms. The second-order valence-corrected chi connectivity index (χ2v) is 4.06. The van der Waals surface area contributed by atoms with Crippen LogP contribution < -0.4 is 5.73 Å². The number of hydrogen-bond acceptors (Lipinski definition) is 2. The van der Waals surface area contributed by atoms with Crippen LogP contribution in [0.25, 0.3) is 10.8 Å². The monoisotopic (exact) mass is 200 g/mol. The van der Waals surface area contributed by atoms with E-state index < -0.39 is 0 Å². The number of pyridine rings is 1. The zero-order valence-electron chi connectivity index (χ0n) is 9.20. The molecule has 0 bridgehead atoms. The number of fused-ring (bicyclic) bond motifs is 1.